The monoisotopic (exact) mass is 297 g/mol. The number of aliphatic hydroxyl groups excluding tert-OH is 1. The summed E-state index contributed by atoms with van der Waals surface area (Å²) < 4.78 is 0. The van der Waals surface area contributed by atoms with Crippen LogP contribution in [0.25, 0.3) is 0 Å². The summed E-state index contributed by atoms with van der Waals surface area (Å²) in [6, 6.07) is 13.6. The van der Waals surface area contributed by atoms with Gasteiger partial charge in [-0.05, 0) is 43.5 Å². The lowest BCUT2D eigenvalue weighted by atomic mass is 9.94. The van der Waals surface area contributed by atoms with Crippen molar-refractivity contribution in [3.8, 4) is 0 Å². The van der Waals surface area contributed by atoms with E-state index >= 15 is 0 Å². The third-order valence-electron chi connectivity index (χ3n) is 4.21. The number of aliphatic hydroxyl groups is 1. The van der Waals surface area contributed by atoms with E-state index in [4.69, 9.17) is 0 Å². The number of carbonyl (C=O) groups excluding carboxylic acids is 1. The Kier molecular flexibility index (Phi) is 4.99. The Bertz CT molecular complexity index is 662. The smallest absolute Gasteiger partial charge is 0.253 e. The van der Waals surface area contributed by atoms with Crippen LogP contribution in [0.5, 0.6) is 0 Å². The molecule has 0 aromatic heterocycles. The van der Waals surface area contributed by atoms with E-state index in [1.54, 1.807) is 0 Å². The molecule has 2 rings (SSSR count). The third-order valence-corrected chi connectivity index (χ3v) is 4.21. The van der Waals surface area contributed by atoms with Crippen LogP contribution < -0.4 is 5.32 Å². The highest BCUT2D eigenvalue weighted by Gasteiger charge is 2.24. The molecule has 0 fully saturated rings. The molecule has 2 aromatic rings. The molecular weight excluding hydrogens is 274 g/mol. The zero-order valence-corrected chi connectivity index (χ0v) is 13.6. The number of hydrogen-bond acceptors (Lipinski definition) is 2. The van der Waals surface area contributed by atoms with Crippen LogP contribution in [0.1, 0.15) is 35.1 Å². The largest absolute Gasteiger partial charge is 0.383 e. The Hall–Kier alpha value is -2.13. The SMILES string of the molecule is Cc1ccc([C@H](C)[C@@H](O)C(=O)Nc2cccc(C)c2C)cc1. The fourth-order valence-corrected chi connectivity index (χ4v) is 2.37. The van der Waals surface area contributed by atoms with Crippen molar-refractivity contribution in [3.63, 3.8) is 0 Å². The normalized spacial score (nSPS) is 13.5. The van der Waals surface area contributed by atoms with Gasteiger partial charge in [0, 0.05) is 11.6 Å². The molecule has 0 aliphatic rings. The van der Waals surface area contributed by atoms with Gasteiger partial charge in [0.15, 0.2) is 0 Å². The van der Waals surface area contributed by atoms with Gasteiger partial charge in [-0.2, -0.15) is 0 Å². The van der Waals surface area contributed by atoms with Gasteiger partial charge in [-0.15, -0.1) is 0 Å². The summed E-state index contributed by atoms with van der Waals surface area (Å²) in [6.07, 6.45) is -1.08. The summed E-state index contributed by atoms with van der Waals surface area (Å²) >= 11 is 0. The fraction of sp³-hybridized carbons (Fsp3) is 0.316. The van der Waals surface area contributed by atoms with Crippen molar-refractivity contribution in [2.24, 2.45) is 0 Å². The number of hydrogen-bond donors (Lipinski definition) is 2. The van der Waals surface area contributed by atoms with Gasteiger partial charge in [0.2, 0.25) is 0 Å². The Balaban J connectivity index is 2.11. The van der Waals surface area contributed by atoms with Crippen molar-refractivity contribution >= 4 is 11.6 Å². The van der Waals surface area contributed by atoms with Crippen LogP contribution in [-0.4, -0.2) is 17.1 Å². The zero-order chi connectivity index (χ0) is 16.3. The number of aryl methyl sites for hydroxylation is 2. The molecule has 0 radical (unpaired) electrons. The summed E-state index contributed by atoms with van der Waals surface area (Å²) in [4.78, 5) is 12.3. The Labute approximate surface area is 132 Å². The van der Waals surface area contributed by atoms with Gasteiger partial charge in [0.25, 0.3) is 5.91 Å². The Morgan fingerprint density at radius 2 is 1.68 bits per heavy atom. The fourth-order valence-electron chi connectivity index (χ4n) is 2.37. The first-order valence-corrected chi connectivity index (χ1v) is 7.52. The highest BCUT2D eigenvalue weighted by atomic mass is 16.3. The van der Waals surface area contributed by atoms with Crippen LogP contribution in [0.15, 0.2) is 42.5 Å². The lowest BCUT2D eigenvalue weighted by Crippen LogP contribution is -2.32. The molecule has 2 atom stereocenters. The first kappa shape index (κ1) is 16.2. The second-order valence-corrected chi connectivity index (χ2v) is 5.88. The van der Waals surface area contributed by atoms with Crippen molar-refractivity contribution in [2.75, 3.05) is 5.32 Å². The van der Waals surface area contributed by atoms with E-state index in [-0.39, 0.29) is 11.8 Å². The van der Waals surface area contributed by atoms with E-state index in [0.717, 1.165) is 27.9 Å². The zero-order valence-electron chi connectivity index (χ0n) is 13.6. The minimum Gasteiger partial charge on any atom is -0.383 e. The first-order valence-electron chi connectivity index (χ1n) is 7.52. The Morgan fingerprint density at radius 3 is 2.32 bits per heavy atom. The average Bonchev–Trinajstić information content (AvgIpc) is 2.51. The van der Waals surface area contributed by atoms with Gasteiger partial charge in [0.05, 0.1) is 0 Å². The van der Waals surface area contributed by atoms with Gasteiger partial charge < -0.3 is 10.4 Å². The second kappa shape index (κ2) is 6.75. The first-order chi connectivity index (χ1) is 10.4. The quantitative estimate of drug-likeness (QED) is 0.903. The van der Waals surface area contributed by atoms with Gasteiger partial charge in [-0.3, -0.25) is 4.79 Å². The van der Waals surface area contributed by atoms with Gasteiger partial charge in [-0.1, -0.05) is 48.9 Å². The molecule has 116 valence electrons. The molecule has 0 spiro atoms. The third kappa shape index (κ3) is 3.55. The van der Waals surface area contributed by atoms with E-state index in [0.29, 0.717) is 0 Å². The summed E-state index contributed by atoms with van der Waals surface area (Å²) in [5.74, 6) is -0.632. The number of rotatable bonds is 4. The van der Waals surface area contributed by atoms with Gasteiger partial charge in [0.1, 0.15) is 6.10 Å². The van der Waals surface area contributed by atoms with Crippen LogP contribution in [-0.2, 0) is 4.79 Å². The maximum absolute atomic E-state index is 12.3. The molecular formula is C19H23NO2. The Morgan fingerprint density at radius 1 is 1.05 bits per heavy atom. The molecule has 0 heterocycles. The maximum Gasteiger partial charge on any atom is 0.253 e. The highest BCUT2D eigenvalue weighted by Crippen LogP contribution is 2.23. The minimum absolute atomic E-state index is 0.259. The van der Waals surface area contributed by atoms with E-state index in [9.17, 15) is 9.90 Å². The molecule has 2 N–H and O–H groups in total. The number of amides is 1. The van der Waals surface area contributed by atoms with Crippen LogP contribution in [0, 0.1) is 20.8 Å². The lowest BCUT2D eigenvalue weighted by Gasteiger charge is -2.20. The summed E-state index contributed by atoms with van der Waals surface area (Å²) in [6.45, 7) is 7.83. The summed E-state index contributed by atoms with van der Waals surface area (Å²) in [5, 5.41) is 13.1. The van der Waals surface area contributed by atoms with Crippen molar-refractivity contribution < 1.29 is 9.90 Å². The highest BCUT2D eigenvalue weighted by molar-refractivity contribution is 5.95. The summed E-state index contributed by atoms with van der Waals surface area (Å²) in [7, 11) is 0. The number of benzene rings is 2. The van der Waals surface area contributed by atoms with Crippen LogP contribution in [0.2, 0.25) is 0 Å². The van der Waals surface area contributed by atoms with Crippen molar-refractivity contribution in [1.82, 2.24) is 0 Å². The number of nitrogens with one attached hydrogen (secondary N) is 1. The molecule has 0 aliphatic carbocycles. The van der Waals surface area contributed by atoms with E-state index in [1.807, 2.05) is 70.2 Å². The molecule has 0 aliphatic heterocycles. The van der Waals surface area contributed by atoms with Gasteiger partial charge in [-0.25, -0.2) is 0 Å². The number of anilines is 1. The van der Waals surface area contributed by atoms with Crippen LogP contribution in [0.4, 0.5) is 5.69 Å². The molecule has 3 nitrogen and oxygen atoms in total. The van der Waals surface area contributed by atoms with Crippen molar-refractivity contribution in [2.45, 2.75) is 39.7 Å². The molecule has 0 bridgehead atoms. The predicted molar refractivity (Wildman–Crippen MR) is 90.1 cm³/mol. The topological polar surface area (TPSA) is 49.3 Å². The van der Waals surface area contributed by atoms with E-state index < -0.39 is 6.10 Å². The van der Waals surface area contributed by atoms with E-state index in [2.05, 4.69) is 5.32 Å². The molecule has 22 heavy (non-hydrogen) atoms. The van der Waals surface area contributed by atoms with Crippen LogP contribution in [0.3, 0.4) is 0 Å². The van der Waals surface area contributed by atoms with Crippen molar-refractivity contribution in [3.05, 3.63) is 64.7 Å². The molecule has 3 heteroatoms. The van der Waals surface area contributed by atoms with Crippen molar-refractivity contribution in [1.29, 1.82) is 0 Å². The molecule has 1 amide bonds. The maximum atomic E-state index is 12.3. The molecule has 2 aromatic carbocycles. The predicted octanol–water partition coefficient (Wildman–Crippen LogP) is 3.71. The standard InChI is InChI=1S/C19H23NO2/c1-12-8-10-16(11-9-12)15(4)18(21)19(22)20-17-7-5-6-13(2)14(17)3/h5-11,15,18,21H,1-4H3,(H,20,22)/t15-,18+/m0/s1. The number of carbonyl (C=O) groups is 1. The van der Waals surface area contributed by atoms with E-state index in [1.165, 1.54) is 0 Å². The molecule has 0 unspecified atom stereocenters. The second-order valence-electron chi connectivity index (χ2n) is 5.88. The summed E-state index contributed by atoms with van der Waals surface area (Å²) in [5.41, 5.74) is 4.99. The van der Waals surface area contributed by atoms with Crippen LogP contribution >= 0.6 is 0 Å². The molecule has 0 saturated heterocycles. The molecule has 0 saturated carbocycles. The minimum atomic E-state index is -1.08. The lowest BCUT2D eigenvalue weighted by molar-refractivity contribution is -0.124. The van der Waals surface area contributed by atoms with Gasteiger partial charge >= 0.3 is 0 Å². The average molecular weight is 297 g/mol.